The van der Waals surface area contributed by atoms with Gasteiger partial charge in [-0.25, -0.2) is 4.98 Å². The van der Waals surface area contributed by atoms with E-state index < -0.39 is 11.9 Å². The number of para-hydroxylation sites is 1. The molecule has 42 heavy (non-hydrogen) atoms. The second kappa shape index (κ2) is 12.7. The number of imidazole rings is 1. The Kier molecular flexibility index (Phi) is 8.68. The first-order valence-electron chi connectivity index (χ1n) is 14.0. The van der Waals surface area contributed by atoms with E-state index in [2.05, 4.69) is 16.9 Å². The molecule has 1 saturated heterocycles. The number of nitrogens with two attached hydrogens (primary N) is 3. The Hall–Kier alpha value is -4.90. The fraction of sp³-hybridized carbons (Fsp3) is 0.290. The lowest BCUT2D eigenvalue weighted by atomic mass is 10.1. The van der Waals surface area contributed by atoms with Gasteiger partial charge in [-0.05, 0) is 62.4 Å². The Morgan fingerprint density at radius 3 is 2.38 bits per heavy atom. The highest BCUT2D eigenvalue weighted by molar-refractivity contribution is 5.98. The smallest absolute Gasteiger partial charge is 0.254 e. The van der Waals surface area contributed by atoms with E-state index in [-0.39, 0.29) is 11.9 Å². The van der Waals surface area contributed by atoms with Gasteiger partial charge in [0.05, 0.1) is 11.0 Å². The normalized spacial score (nSPS) is 14.5. The van der Waals surface area contributed by atoms with Crippen LogP contribution >= 0.6 is 0 Å². The van der Waals surface area contributed by atoms with E-state index >= 15 is 0 Å². The van der Waals surface area contributed by atoms with Gasteiger partial charge in [0.1, 0.15) is 23.4 Å². The van der Waals surface area contributed by atoms with Crippen LogP contribution in [0.5, 0.6) is 11.5 Å². The molecule has 6 N–H and O–H groups in total. The number of carbonyl (C=O) groups excluding carboxylic acids is 2. The molecule has 1 aromatic heterocycles. The monoisotopic (exact) mass is 568 g/mol. The van der Waals surface area contributed by atoms with Crippen LogP contribution in [0.1, 0.15) is 29.2 Å². The summed E-state index contributed by atoms with van der Waals surface area (Å²) in [6.07, 6.45) is 0.925. The third-order valence-corrected chi connectivity index (χ3v) is 7.37. The number of hydrogen-bond donors (Lipinski definition) is 3. The van der Waals surface area contributed by atoms with Crippen LogP contribution in [-0.2, 0) is 4.79 Å². The number of hydrogen-bond acceptors (Lipinski definition) is 6. The zero-order valence-electron chi connectivity index (χ0n) is 23.6. The highest BCUT2D eigenvalue weighted by atomic mass is 16.5. The number of carbonyl (C=O) groups is 2. The molecule has 11 heteroatoms. The Bertz CT molecular complexity index is 1590. The van der Waals surface area contributed by atoms with Gasteiger partial charge in [-0.2, -0.15) is 0 Å². The zero-order valence-corrected chi connectivity index (χ0v) is 23.6. The largest absolute Gasteiger partial charge is 0.457 e. The van der Waals surface area contributed by atoms with Gasteiger partial charge < -0.3 is 36.3 Å². The van der Waals surface area contributed by atoms with E-state index in [9.17, 15) is 9.59 Å². The molecular weight excluding hydrogens is 532 g/mol. The van der Waals surface area contributed by atoms with Gasteiger partial charge in [0.25, 0.3) is 5.91 Å². The van der Waals surface area contributed by atoms with Crippen molar-refractivity contribution in [2.45, 2.75) is 18.9 Å². The van der Waals surface area contributed by atoms with Crippen LogP contribution in [-0.4, -0.2) is 76.9 Å². The Labute approximate surface area is 244 Å². The SMILES string of the molecule is CN1CCN(C(=O)c2ccc3c(c2)nc(-c2cccc(Oc4ccccc4)c2)n3[C@@H](CCCN=C(N)N)C(N)=O)CC1. The van der Waals surface area contributed by atoms with Gasteiger partial charge in [-0.3, -0.25) is 14.6 Å². The first-order valence-corrected chi connectivity index (χ1v) is 14.0. The summed E-state index contributed by atoms with van der Waals surface area (Å²) in [5.74, 6) is 1.31. The molecule has 3 aromatic carbocycles. The maximum absolute atomic E-state index is 13.4. The summed E-state index contributed by atoms with van der Waals surface area (Å²) in [5.41, 5.74) is 19.5. The number of benzene rings is 3. The zero-order chi connectivity index (χ0) is 29.6. The number of rotatable bonds is 10. The Balaban J connectivity index is 1.55. The highest BCUT2D eigenvalue weighted by Gasteiger charge is 2.26. The maximum atomic E-state index is 13.4. The van der Waals surface area contributed by atoms with Crippen LogP contribution in [0, 0.1) is 0 Å². The van der Waals surface area contributed by atoms with Crippen LogP contribution in [0.15, 0.2) is 77.8 Å². The third kappa shape index (κ3) is 6.52. The van der Waals surface area contributed by atoms with Gasteiger partial charge in [0, 0.05) is 43.9 Å². The predicted molar refractivity (Wildman–Crippen MR) is 163 cm³/mol. The molecule has 11 nitrogen and oxygen atoms in total. The Morgan fingerprint density at radius 2 is 1.67 bits per heavy atom. The summed E-state index contributed by atoms with van der Waals surface area (Å²) in [6, 6.07) is 21.7. The van der Waals surface area contributed by atoms with Crippen molar-refractivity contribution in [3.05, 3.63) is 78.4 Å². The molecule has 218 valence electrons. The van der Waals surface area contributed by atoms with Crippen molar-refractivity contribution >= 4 is 28.8 Å². The molecule has 0 bridgehead atoms. The number of primary amides is 1. The van der Waals surface area contributed by atoms with Crippen molar-refractivity contribution in [3.63, 3.8) is 0 Å². The second-order valence-electron chi connectivity index (χ2n) is 10.4. The van der Waals surface area contributed by atoms with E-state index in [1.807, 2.05) is 70.1 Å². The average molecular weight is 569 g/mol. The topological polar surface area (TPSA) is 158 Å². The summed E-state index contributed by atoms with van der Waals surface area (Å²) < 4.78 is 7.92. The summed E-state index contributed by atoms with van der Waals surface area (Å²) in [4.78, 5) is 39.3. The predicted octanol–water partition coefficient (Wildman–Crippen LogP) is 2.96. The van der Waals surface area contributed by atoms with Crippen molar-refractivity contribution in [2.24, 2.45) is 22.2 Å². The van der Waals surface area contributed by atoms with Gasteiger partial charge in [0.15, 0.2) is 5.96 Å². The standard InChI is InChI=1S/C31H36N8O3/c1-37-15-17-38(18-16-37)30(41)22-12-13-26-25(20-22)36-29(39(26)27(28(32)40)11-6-14-35-31(33)34)21-7-5-10-24(19-21)42-23-8-3-2-4-9-23/h2-5,7-10,12-13,19-20,27H,6,11,14-18H2,1H3,(H2,32,40)(H4,33,34,35)/t27-/m0/s1. The van der Waals surface area contributed by atoms with E-state index in [4.69, 9.17) is 26.9 Å². The fourth-order valence-corrected chi connectivity index (χ4v) is 5.16. The first kappa shape index (κ1) is 28.6. The van der Waals surface area contributed by atoms with Crippen molar-refractivity contribution in [2.75, 3.05) is 39.8 Å². The van der Waals surface area contributed by atoms with E-state index in [0.29, 0.717) is 66.4 Å². The third-order valence-electron chi connectivity index (χ3n) is 7.37. The van der Waals surface area contributed by atoms with Crippen LogP contribution in [0.25, 0.3) is 22.4 Å². The number of ether oxygens (including phenoxy) is 1. The van der Waals surface area contributed by atoms with Crippen LogP contribution in [0.4, 0.5) is 0 Å². The lowest BCUT2D eigenvalue weighted by molar-refractivity contribution is -0.121. The maximum Gasteiger partial charge on any atom is 0.254 e. The summed E-state index contributed by atoms with van der Waals surface area (Å²) in [5, 5.41) is 0. The van der Waals surface area contributed by atoms with Crippen molar-refractivity contribution in [1.82, 2.24) is 19.4 Å². The van der Waals surface area contributed by atoms with E-state index in [1.165, 1.54) is 0 Å². The minimum absolute atomic E-state index is 0.00725. The molecule has 0 radical (unpaired) electrons. The van der Waals surface area contributed by atoms with E-state index in [1.54, 1.807) is 12.1 Å². The first-order chi connectivity index (χ1) is 20.3. The molecule has 4 aromatic rings. The molecule has 1 atom stereocenters. The number of aromatic nitrogens is 2. The quantitative estimate of drug-likeness (QED) is 0.151. The summed E-state index contributed by atoms with van der Waals surface area (Å²) >= 11 is 0. The van der Waals surface area contributed by atoms with Crippen LogP contribution in [0.2, 0.25) is 0 Å². The lowest BCUT2D eigenvalue weighted by Crippen LogP contribution is -2.47. The van der Waals surface area contributed by atoms with Gasteiger partial charge in [-0.1, -0.05) is 30.3 Å². The molecule has 0 spiro atoms. The summed E-state index contributed by atoms with van der Waals surface area (Å²) in [7, 11) is 2.05. The second-order valence-corrected chi connectivity index (χ2v) is 10.4. The molecule has 1 fully saturated rings. The fourth-order valence-electron chi connectivity index (χ4n) is 5.16. The van der Waals surface area contributed by atoms with Crippen molar-refractivity contribution in [1.29, 1.82) is 0 Å². The number of nitrogens with zero attached hydrogens (tertiary/aromatic N) is 5. The molecule has 2 heterocycles. The van der Waals surface area contributed by atoms with Crippen LogP contribution < -0.4 is 21.9 Å². The Morgan fingerprint density at radius 1 is 0.929 bits per heavy atom. The highest BCUT2D eigenvalue weighted by Crippen LogP contribution is 2.33. The minimum atomic E-state index is -0.725. The summed E-state index contributed by atoms with van der Waals surface area (Å²) in [6.45, 7) is 3.35. The van der Waals surface area contributed by atoms with Crippen LogP contribution in [0.3, 0.4) is 0 Å². The number of amides is 2. The molecule has 0 unspecified atom stereocenters. The molecule has 5 rings (SSSR count). The lowest BCUT2D eigenvalue weighted by Gasteiger charge is -2.32. The number of likely N-dealkylation sites (N-methyl/N-ethyl adjacent to an activating group) is 1. The van der Waals surface area contributed by atoms with Crippen molar-refractivity contribution < 1.29 is 14.3 Å². The molecule has 2 amide bonds. The number of fused-ring (bicyclic) bond motifs is 1. The molecule has 1 aliphatic rings. The van der Waals surface area contributed by atoms with Crippen molar-refractivity contribution in [3.8, 4) is 22.9 Å². The number of aliphatic imine (C=N–C) groups is 1. The average Bonchev–Trinajstić information content (AvgIpc) is 3.36. The van der Waals surface area contributed by atoms with Gasteiger partial charge in [-0.15, -0.1) is 0 Å². The number of guanidine groups is 1. The van der Waals surface area contributed by atoms with Gasteiger partial charge in [0.2, 0.25) is 5.91 Å². The molecule has 0 saturated carbocycles. The van der Waals surface area contributed by atoms with Gasteiger partial charge >= 0.3 is 0 Å². The van der Waals surface area contributed by atoms with E-state index in [0.717, 1.165) is 18.7 Å². The molecule has 1 aliphatic heterocycles. The molecule has 0 aliphatic carbocycles. The number of piperazine rings is 1. The molecular formula is C31H36N8O3. The minimum Gasteiger partial charge on any atom is -0.457 e.